The van der Waals surface area contributed by atoms with Crippen molar-refractivity contribution in [1.82, 2.24) is 4.90 Å². The topological polar surface area (TPSA) is 36.3 Å². The molecule has 0 aliphatic carbocycles. The van der Waals surface area contributed by atoms with Gasteiger partial charge in [-0.2, -0.15) is 5.26 Å². The summed E-state index contributed by atoms with van der Waals surface area (Å²) in [6.07, 6.45) is 0.199. The Morgan fingerprint density at radius 2 is 2.22 bits per heavy atom. The van der Waals surface area contributed by atoms with Crippen LogP contribution in [0.15, 0.2) is 18.2 Å². The highest BCUT2D eigenvalue weighted by molar-refractivity contribution is 5.33. The second-order valence-electron chi connectivity index (χ2n) is 4.88. The third-order valence-corrected chi connectivity index (χ3v) is 3.21. The highest BCUT2D eigenvalue weighted by atomic mass is 19.1. The van der Waals surface area contributed by atoms with Crippen LogP contribution in [0.3, 0.4) is 0 Å². The van der Waals surface area contributed by atoms with Crippen molar-refractivity contribution in [3.05, 3.63) is 35.1 Å². The van der Waals surface area contributed by atoms with Crippen LogP contribution in [0.1, 0.15) is 25.0 Å². The van der Waals surface area contributed by atoms with E-state index < -0.39 is 0 Å². The molecular formula is C14H17FN2O. The summed E-state index contributed by atoms with van der Waals surface area (Å²) in [6.45, 7) is 6.31. The molecule has 0 amide bonds. The van der Waals surface area contributed by atoms with Crippen molar-refractivity contribution in [3.63, 3.8) is 0 Å². The molecule has 96 valence electrons. The van der Waals surface area contributed by atoms with Crippen molar-refractivity contribution < 1.29 is 9.13 Å². The van der Waals surface area contributed by atoms with Gasteiger partial charge in [0.2, 0.25) is 0 Å². The summed E-state index contributed by atoms with van der Waals surface area (Å²) in [5.41, 5.74) is 1.21. The predicted octanol–water partition coefficient (Wildman–Crippen LogP) is 2.31. The number of hydrogen-bond donors (Lipinski definition) is 0. The van der Waals surface area contributed by atoms with Crippen LogP contribution in [-0.2, 0) is 11.3 Å². The van der Waals surface area contributed by atoms with E-state index in [4.69, 9.17) is 10.00 Å². The molecule has 0 bridgehead atoms. The minimum Gasteiger partial charge on any atom is -0.376 e. The van der Waals surface area contributed by atoms with E-state index in [0.717, 1.165) is 12.1 Å². The maximum absolute atomic E-state index is 13.3. The van der Waals surface area contributed by atoms with Crippen LogP contribution in [0, 0.1) is 17.1 Å². The van der Waals surface area contributed by atoms with Gasteiger partial charge < -0.3 is 4.74 Å². The molecule has 1 heterocycles. The van der Waals surface area contributed by atoms with Gasteiger partial charge in [-0.15, -0.1) is 0 Å². The molecule has 2 rings (SSSR count). The first kappa shape index (κ1) is 13.0. The second-order valence-corrected chi connectivity index (χ2v) is 4.88. The number of benzene rings is 1. The van der Waals surface area contributed by atoms with Gasteiger partial charge in [0, 0.05) is 19.1 Å². The van der Waals surface area contributed by atoms with Crippen molar-refractivity contribution in [3.8, 4) is 6.07 Å². The number of rotatable bonds is 2. The summed E-state index contributed by atoms with van der Waals surface area (Å²) in [4.78, 5) is 2.25. The lowest BCUT2D eigenvalue weighted by Gasteiger charge is -2.36. The molecular weight excluding hydrogens is 231 g/mol. The van der Waals surface area contributed by atoms with Crippen LogP contribution >= 0.6 is 0 Å². The number of ether oxygens (including phenoxy) is 1. The molecule has 0 N–H and O–H groups in total. The lowest BCUT2D eigenvalue weighted by Crippen LogP contribution is -2.46. The third kappa shape index (κ3) is 3.06. The second kappa shape index (κ2) is 5.47. The van der Waals surface area contributed by atoms with Crippen LogP contribution < -0.4 is 0 Å². The van der Waals surface area contributed by atoms with Gasteiger partial charge in [-0.1, -0.05) is 0 Å². The normalized spacial score (nSPS) is 24.8. The monoisotopic (exact) mass is 248 g/mol. The Balaban J connectivity index is 2.13. The van der Waals surface area contributed by atoms with Crippen LogP contribution in [-0.4, -0.2) is 30.2 Å². The summed E-state index contributed by atoms with van der Waals surface area (Å²) in [6, 6.07) is 6.80. The third-order valence-electron chi connectivity index (χ3n) is 3.21. The first-order valence-electron chi connectivity index (χ1n) is 6.13. The van der Waals surface area contributed by atoms with Crippen LogP contribution in [0.25, 0.3) is 0 Å². The molecule has 0 aromatic heterocycles. The van der Waals surface area contributed by atoms with E-state index in [-0.39, 0.29) is 11.9 Å². The Morgan fingerprint density at radius 1 is 1.44 bits per heavy atom. The lowest BCUT2D eigenvalue weighted by molar-refractivity contribution is -0.0526. The zero-order valence-corrected chi connectivity index (χ0v) is 10.7. The van der Waals surface area contributed by atoms with E-state index in [1.165, 1.54) is 12.1 Å². The van der Waals surface area contributed by atoms with E-state index in [1.54, 1.807) is 6.07 Å². The Labute approximate surface area is 107 Å². The number of morpholine rings is 1. The molecule has 4 heteroatoms. The summed E-state index contributed by atoms with van der Waals surface area (Å²) < 4.78 is 18.9. The molecule has 2 atom stereocenters. The maximum atomic E-state index is 13.3. The standard InChI is InChI=1S/C14H17FN2O/c1-10-9-18-11(2)7-17(10)8-13-3-12(6-16)4-14(15)5-13/h3-5,10-11H,7-9H2,1-2H3. The zero-order chi connectivity index (χ0) is 13.1. The fourth-order valence-electron chi connectivity index (χ4n) is 2.23. The molecule has 2 unspecified atom stereocenters. The van der Waals surface area contributed by atoms with Crippen LogP contribution in [0.5, 0.6) is 0 Å². The van der Waals surface area contributed by atoms with Crippen molar-refractivity contribution in [2.24, 2.45) is 0 Å². The number of hydrogen-bond acceptors (Lipinski definition) is 3. The highest BCUT2D eigenvalue weighted by Crippen LogP contribution is 2.17. The average Bonchev–Trinajstić information content (AvgIpc) is 2.33. The van der Waals surface area contributed by atoms with E-state index in [2.05, 4.69) is 11.8 Å². The van der Waals surface area contributed by atoms with Gasteiger partial charge in [0.15, 0.2) is 0 Å². The number of halogens is 1. The quantitative estimate of drug-likeness (QED) is 0.805. The SMILES string of the molecule is CC1CN(Cc2cc(F)cc(C#N)c2)C(C)CO1. The van der Waals surface area contributed by atoms with Gasteiger partial charge in [-0.25, -0.2) is 4.39 Å². The summed E-state index contributed by atoms with van der Waals surface area (Å²) in [5.74, 6) is -0.349. The predicted molar refractivity (Wildman–Crippen MR) is 66.4 cm³/mol. The van der Waals surface area contributed by atoms with Gasteiger partial charge in [0.1, 0.15) is 5.82 Å². The molecule has 3 nitrogen and oxygen atoms in total. The Morgan fingerprint density at radius 3 is 2.94 bits per heavy atom. The van der Waals surface area contributed by atoms with E-state index in [1.807, 2.05) is 13.0 Å². The minimum atomic E-state index is -0.349. The smallest absolute Gasteiger partial charge is 0.124 e. The minimum absolute atomic E-state index is 0.199. The summed E-state index contributed by atoms with van der Waals surface area (Å²) >= 11 is 0. The maximum Gasteiger partial charge on any atom is 0.124 e. The lowest BCUT2D eigenvalue weighted by atomic mass is 10.1. The first-order valence-corrected chi connectivity index (χ1v) is 6.13. The van der Waals surface area contributed by atoms with Gasteiger partial charge in [0.25, 0.3) is 0 Å². The molecule has 1 aromatic carbocycles. The van der Waals surface area contributed by atoms with Crippen molar-refractivity contribution in [1.29, 1.82) is 5.26 Å². The zero-order valence-electron chi connectivity index (χ0n) is 10.7. The van der Waals surface area contributed by atoms with Crippen LogP contribution in [0.2, 0.25) is 0 Å². The molecule has 1 aliphatic heterocycles. The van der Waals surface area contributed by atoms with E-state index >= 15 is 0 Å². The van der Waals surface area contributed by atoms with Crippen molar-refractivity contribution >= 4 is 0 Å². The van der Waals surface area contributed by atoms with Gasteiger partial charge in [-0.05, 0) is 37.6 Å². The summed E-state index contributed by atoms with van der Waals surface area (Å²) in [7, 11) is 0. The fraction of sp³-hybridized carbons (Fsp3) is 0.500. The Kier molecular flexibility index (Phi) is 3.95. The van der Waals surface area contributed by atoms with Gasteiger partial charge in [0.05, 0.1) is 24.3 Å². The molecule has 0 saturated carbocycles. The molecule has 0 spiro atoms. The fourth-order valence-corrected chi connectivity index (χ4v) is 2.23. The highest BCUT2D eigenvalue weighted by Gasteiger charge is 2.23. The average molecular weight is 248 g/mol. The Hall–Kier alpha value is -1.44. The van der Waals surface area contributed by atoms with E-state index in [0.29, 0.717) is 24.8 Å². The van der Waals surface area contributed by atoms with Crippen molar-refractivity contribution in [2.75, 3.05) is 13.2 Å². The molecule has 1 saturated heterocycles. The molecule has 0 radical (unpaired) electrons. The Bertz CT molecular complexity index is 469. The van der Waals surface area contributed by atoms with E-state index in [9.17, 15) is 4.39 Å². The molecule has 1 fully saturated rings. The van der Waals surface area contributed by atoms with Gasteiger partial charge in [-0.3, -0.25) is 4.90 Å². The number of nitriles is 1. The molecule has 1 aliphatic rings. The number of nitrogens with zero attached hydrogens (tertiary/aromatic N) is 2. The van der Waals surface area contributed by atoms with Crippen molar-refractivity contribution in [2.45, 2.75) is 32.5 Å². The largest absolute Gasteiger partial charge is 0.376 e. The van der Waals surface area contributed by atoms with Crippen LogP contribution in [0.4, 0.5) is 4.39 Å². The first-order chi connectivity index (χ1) is 8.58. The van der Waals surface area contributed by atoms with Gasteiger partial charge >= 0.3 is 0 Å². The molecule has 1 aromatic rings. The molecule has 18 heavy (non-hydrogen) atoms. The summed E-state index contributed by atoms with van der Waals surface area (Å²) in [5, 5.41) is 8.84.